The second kappa shape index (κ2) is 55.0. The Balaban J connectivity index is 3.97. The standard InChI is InChI=1S/C63H119NO8/c1-6-8-10-12-14-16-18-20-21-22-23-24-25-26-27-28-29-30-31-32-33-34-35-36-37-38-39-40-41-42-44-46-48-50-52-54-61(66)72-59(58-71-63(62(67)68)69-56-55-64(3,4)5)57-70-60(65)53-51-49-47-45-43-19-17-15-13-11-9-7-2/h18,20,22-23,59,63H,6-17,19,21,24-58H2,1-5H3/b20-18-,23-22-. The minimum atomic E-state index is -1.62. The molecule has 0 spiro atoms. The van der Waals surface area contributed by atoms with E-state index in [1.54, 1.807) is 0 Å². The molecule has 0 aliphatic carbocycles. The van der Waals surface area contributed by atoms with Gasteiger partial charge >= 0.3 is 11.9 Å². The van der Waals surface area contributed by atoms with Crippen LogP contribution in [-0.4, -0.2) is 82.3 Å². The minimum Gasteiger partial charge on any atom is -0.545 e. The summed E-state index contributed by atoms with van der Waals surface area (Å²) in [5.74, 6) is -2.26. The van der Waals surface area contributed by atoms with Crippen molar-refractivity contribution in [1.82, 2.24) is 0 Å². The zero-order valence-corrected chi connectivity index (χ0v) is 48.3. The number of nitrogens with zero attached hydrogens (tertiary/aromatic N) is 1. The summed E-state index contributed by atoms with van der Waals surface area (Å²) in [7, 11) is 5.93. The lowest BCUT2D eigenvalue weighted by Crippen LogP contribution is -2.44. The Morgan fingerprint density at radius 1 is 0.417 bits per heavy atom. The Kier molecular flexibility index (Phi) is 53.3. The average molecular weight is 1020 g/mol. The number of esters is 2. The van der Waals surface area contributed by atoms with E-state index in [-0.39, 0.29) is 32.2 Å². The van der Waals surface area contributed by atoms with E-state index in [0.29, 0.717) is 17.4 Å². The van der Waals surface area contributed by atoms with Crippen LogP contribution in [0.15, 0.2) is 24.3 Å². The van der Waals surface area contributed by atoms with Crippen molar-refractivity contribution in [2.45, 2.75) is 315 Å². The summed E-state index contributed by atoms with van der Waals surface area (Å²) in [6.45, 7) is 4.77. The third kappa shape index (κ3) is 55.5. The fraction of sp³-hybridized carbons (Fsp3) is 0.889. The first-order chi connectivity index (χ1) is 35.1. The summed E-state index contributed by atoms with van der Waals surface area (Å²) >= 11 is 0. The summed E-state index contributed by atoms with van der Waals surface area (Å²) < 4.78 is 22.7. The van der Waals surface area contributed by atoms with Gasteiger partial charge in [-0.2, -0.15) is 0 Å². The Bertz CT molecular complexity index is 1230. The lowest BCUT2D eigenvalue weighted by atomic mass is 10.0. The highest BCUT2D eigenvalue weighted by Crippen LogP contribution is 2.18. The number of likely N-dealkylation sites (N-methyl/N-ethyl adjacent to an activating group) is 1. The lowest BCUT2D eigenvalue weighted by Gasteiger charge is -2.26. The van der Waals surface area contributed by atoms with Crippen LogP contribution in [0.25, 0.3) is 0 Å². The first-order valence-corrected chi connectivity index (χ1v) is 31.0. The van der Waals surface area contributed by atoms with Crippen molar-refractivity contribution in [3.8, 4) is 0 Å². The highest BCUT2D eigenvalue weighted by Gasteiger charge is 2.22. The Morgan fingerprint density at radius 3 is 1.10 bits per heavy atom. The quantitative estimate of drug-likeness (QED) is 0.0195. The van der Waals surface area contributed by atoms with Crippen LogP contribution in [0.5, 0.6) is 0 Å². The monoisotopic (exact) mass is 1020 g/mol. The summed E-state index contributed by atoms with van der Waals surface area (Å²) in [5.41, 5.74) is 0. The molecule has 0 rings (SSSR count). The van der Waals surface area contributed by atoms with Gasteiger partial charge in [0.05, 0.1) is 40.3 Å². The third-order valence-corrected chi connectivity index (χ3v) is 14.0. The van der Waals surface area contributed by atoms with Gasteiger partial charge in [-0.05, 0) is 44.9 Å². The van der Waals surface area contributed by atoms with Crippen LogP contribution in [0.3, 0.4) is 0 Å². The van der Waals surface area contributed by atoms with Gasteiger partial charge in [-0.1, -0.05) is 269 Å². The average Bonchev–Trinajstić information content (AvgIpc) is 3.35. The normalized spacial score (nSPS) is 12.8. The second-order valence-electron chi connectivity index (χ2n) is 22.4. The SMILES string of the molecule is CCCCCCC/C=C\C/C=C\CCCCCCCCCCCCCCCCCCCCCCCCCC(=O)OC(COC(=O)CCCCCCCCCCCCCC)COC(OCC[N+](C)(C)C)C(=O)[O-]. The number of carboxylic acid groups (broad SMARTS) is 1. The van der Waals surface area contributed by atoms with Crippen molar-refractivity contribution in [2.24, 2.45) is 0 Å². The molecule has 0 N–H and O–H groups in total. The second-order valence-corrected chi connectivity index (χ2v) is 22.4. The van der Waals surface area contributed by atoms with E-state index in [1.807, 2.05) is 21.1 Å². The maximum atomic E-state index is 12.9. The van der Waals surface area contributed by atoms with Crippen molar-refractivity contribution < 1.29 is 42.9 Å². The van der Waals surface area contributed by atoms with Crippen LogP contribution in [0.1, 0.15) is 303 Å². The van der Waals surface area contributed by atoms with Crippen LogP contribution >= 0.6 is 0 Å². The Hall–Kier alpha value is -2.23. The summed E-state index contributed by atoms with van der Waals surface area (Å²) in [6.07, 6.45) is 62.6. The molecule has 0 saturated heterocycles. The molecule has 0 aromatic rings. The van der Waals surface area contributed by atoms with E-state index in [0.717, 1.165) is 44.9 Å². The number of ether oxygens (including phenoxy) is 4. The molecule has 0 amide bonds. The number of unbranched alkanes of at least 4 members (excludes halogenated alkanes) is 39. The number of carbonyl (C=O) groups is 3. The molecule has 72 heavy (non-hydrogen) atoms. The number of hydrogen-bond acceptors (Lipinski definition) is 8. The summed E-state index contributed by atoms with van der Waals surface area (Å²) in [5, 5.41) is 11.8. The third-order valence-electron chi connectivity index (χ3n) is 14.0. The van der Waals surface area contributed by atoms with Crippen molar-refractivity contribution >= 4 is 17.9 Å². The molecule has 0 heterocycles. The van der Waals surface area contributed by atoms with Crippen molar-refractivity contribution in [3.05, 3.63) is 24.3 Å². The van der Waals surface area contributed by atoms with Crippen LogP contribution in [-0.2, 0) is 33.3 Å². The fourth-order valence-electron chi connectivity index (χ4n) is 9.16. The predicted octanol–water partition coefficient (Wildman–Crippen LogP) is 17.0. The summed E-state index contributed by atoms with van der Waals surface area (Å²) in [4.78, 5) is 37.2. The number of aliphatic carboxylic acids is 1. The number of hydrogen-bond donors (Lipinski definition) is 0. The molecule has 0 fully saturated rings. The maximum absolute atomic E-state index is 12.9. The minimum absolute atomic E-state index is 0.152. The molecular formula is C63H119NO8. The van der Waals surface area contributed by atoms with Gasteiger partial charge in [-0.15, -0.1) is 0 Å². The number of allylic oxidation sites excluding steroid dienone is 4. The topological polar surface area (TPSA) is 111 Å². The van der Waals surface area contributed by atoms with E-state index < -0.39 is 24.3 Å². The fourth-order valence-corrected chi connectivity index (χ4v) is 9.16. The maximum Gasteiger partial charge on any atom is 0.306 e. The van der Waals surface area contributed by atoms with Gasteiger partial charge in [0.2, 0.25) is 0 Å². The molecule has 0 aliphatic heterocycles. The molecule has 0 saturated carbocycles. The molecule has 0 aromatic heterocycles. The zero-order valence-electron chi connectivity index (χ0n) is 48.3. The molecule has 0 aliphatic rings. The summed E-state index contributed by atoms with van der Waals surface area (Å²) in [6, 6.07) is 0. The predicted molar refractivity (Wildman–Crippen MR) is 302 cm³/mol. The van der Waals surface area contributed by atoms with Gasteiger partial charge in [0.25, 0.3) is 0 Å². The molecule has 0 bridgehead atoms. The van der Waals surface area contributed by atoms with E-state index in [4.69, 9.17) is 18.9 Å². The van der Waals surface area contributed by atoms with E-state index >= 15 is 0 Å². The van der Waals surface area contributed by atoms with Gasteiger partial charge in [0, 0.05) is 12.8 Å². The van der Waals surface area contributed by atoms with Crippen LogP contribution in [0.4, 0.5) is 0 Å². The molecule has 9 nitrogen and oxygen atoms in total. The molecule has 2 atom stereocenters. The number of rotatable bonds is 58. The van der Waals surface area contributed by atoms with Crippen LogP contribution in [0, 0.1) is 0 Å². The van der Waals surface area contributed by atoms with Gasteiger partial charge in [-0.25, -0.2) is 0 Å². The number of carboxylic acids is 1. The highest BCUT2D eigenvalue weighted by atomic mass is 16.7. The number of carbonyl (C=O) groups excluding carboxylic acids is 3. The van der Waals surface area contributed by atoms with E-state index in [2.05, 4.69) is 38.2 Å². The zero-order chi connectivity index (χ0) is 52.7. The van der Waals surface area contributed by atoms with Crippen molar-refractivity contribution in [1.29, 1.82) is 0 Å². The van der Waals surface area contributed by atoms with Crippen LogP contribution < -0.4 is 5.11 Å². The first kappa shape index (κ1) is 69.8. The van der Waals surface area contributed by atoms with Gasteiger partial charge < -0.3 is 33.3 Å². The largest absolute Gasteiger partial charge is 0.545 e. The highest BCUT2D eigenvalue weighted by molar-refractivity contribution is 5.70. The Labute approximate surface area is 446 Å². The van der Waals surface area contributed by atoms with Gasteiger partial charge in [0.15, 0.2) is 12.4 Å². The lowest BCUT2D eigenvalue weighted by molar-refractivity contribution is -0.870. The van der Waals surface area contributed by atoms with Gasteiger partial charge in [-0.3, -0.25) is 9.59 Å². The molecular weight excluding hydrogens is 899 g/mol. The van der Waals surface area contributed by atoms with E-state index in [1.165, 1.54) is 231 Å². The van der Waals surface area contributed by atoms with E-state index in [9.17, 15) is 19.5 Å². The van der Waals surface area contributed by atoms with Crippen LogP contribution in [0.2, 0.25) is 0 Å². The molecule has 9 heteroatoms. The first-order valence-electron chi connectivity index (χ1n) is 31.0. The number of quaternary nitrogens is 1. The van der Waals surface area contributed by atoms with Crippen molar-refractivity contribution in [3.63, 3.8) is 0 Å². The molecule has 424 valence electrons. The molecule has 0 aromatic carbocycles. The van der Waals surface area contributed by atoms with Crippen molar-refractivity contribution in [2.75, 3.05) is 47.5 Å². The Morgan fingerprint density at radius 2 is 0.750 bits per heavy atom. The smallest absolute Gasteiger partial charge is 0.306 e. The molecule has 2 unspecified atom stereocenters. The molecule has 0 radical (unpaired) electrons. The van der Waals surface area contributed by atoms with Gasteiger partial charge in [0.1, 0.15) is 13.2 Å².